The third-order valence-electron chi connectivity index (χ3n) is 8.50. The molecule has 0 aliphatic carbocycles. The van der Waals surface area contributed by atoms with Gasteiger partial charge in [0.25, 0.3) is 0 Å². The zero-order chi connectivity index (χ0) is 29.2. The number of rotatable bonds is 6. The van der Waals surface area contributed by atoms with Crippen LogP contribution in [0.1, 0.15) is 52.9 Å². The van der Waals surface area contributed by atoms with Gasteiger partial charge in [-0.15, -0.1) is 0 Å². The first-order chi connectivity index (χ1) is 20.4. The maximum Gasteiger partial charge on any atom is 0.323 e. The monoisotopic (exact) mass is 610 g/mol. The van der Waals surface area contributed by atoms with E-state index in [2.05, 4.69) is 41.5 Å². The van der Waals surface area contributed by atoms with Crippen LogP contribution in [0.15, 0.2) is 54.6 Å². The molecule has 42 heavy (non-hydrogen) atoms. The summed E-state index contributed by atoms with van der Waals surface area (Å²) >= 11 is 12.6. The Morgan fingerprint density at radius 1 is 1.00 bits per heavy atom. The largest absolute Gasteiger partial charge is 0.485 e. The summed E-state index contributed by atoms with van der Waals surface area (Å²) in [5.41, 5.74) is 5.55. The molecule has 1 N–H and O–H groups in total. The van der Waals surface area contributed by atoms with Crippen molar-refractivity contribution in [2.75, 3.05) is 33.9 Å². The van der Waals surface area contributed by atoms with E-state index in [0.29, 0.717) is 28.9 Å². The van der Waals surface area contributed by atoms with Gasteiger partial charge in [0.1, 0.15) is 29.7 Å². The molecule has 0 saturated carbocycles. The molecule has 0 spiro atoms. The first-order valence-electron chi connectivity index (χ1n) is 14.5. The molecule has 7 nitrogen and oxygen atoms in total. The van der Waals surface area contributed by atoms with Crippen LogP contribution < -0.4 is 14.8 Å². The number of hydrogen-bond donors (Lipinski definition) is 1. The van der Waals surface area contributed by atoms with Crippen molar-refractivity contribution in [3.8, 4) is 11.5 Å². The molecule has 0 bridgehead atoms. The average Bonchev–Trinajstić information content (AvgIpc) is 3.17. The predicted molar refractivity (Wildman–Crippen MR) is 162 cm³/mol. The summed E-state index contributed by atoms with van der Waals surface area (Å²) in [6.07, 6.45) is 2.17. The molecule has 1 fully saturated rings. The molecule has 3 aromatic carbocycles. The number of nitrogens with zero attached hydrogens (tertiary/aromatic N) is 1. The molecule has 0 amide bonds. The summed E-state index contributed by atoms with van der Waals surface area (Å²) in [4.78, 5) is 14.4. The highest BCUT2D eigenvalue weighted by Gasteiger charge is 2.30. The van der Waals surface area contributed by atoms with Crippen molar-refractivity contribution < 1.29 is 23.7 Å². The zero-order valence-corrected chi connectivity index (χ0v) is 25.4. The van der Waals surface area contributed by atoms with E-state index in [-0.39, 0.29) is 24.2 Å². The smallest absolute Gasteiger partial charge is 0.323 e. The molecular weight excluding hydrogens is 575 g/mol. The van der Waals surface area contributed by atoms with E-state index in [0.717, 1.165) is 72.9 Å². The SMILES string of the molecule is COC(=O)[C@@H]1Cc2cc3c(cc2CN1)O[C@@H](c1ccc(O[C@@H](c2ccc(Cl)c(Cl)c2)C2CCOCC2)cc1)CN(C)C3. The van der Waals surface area contributed by atoms with Gasteiger partial charge in [0.2, 0.25) is 0 Å². The normalized spacial score (nSPS) is 21.8. The third-order valence-corrected chi connectivity index (χ3v) is 9.24. The van der Waals surface area contributed by atoms with Crippen LogP contribution in [0.5, 0.6) is 11.5 Å². The maximum atomic E-state index is 12.1. The van der Waals surface area contributed by atoms with E-state index in [1.165, 1.54) is 12.7 Å². The Hall–Kier alpha value is -2.81. The highest BCUT2D eigenvalue weighted by Crippen LogP contribution is 2.38. The number of carbonyl (C=O) groups excluding carboxylic acids is 1. The summed E-state index contributed by atoms with van der Waals surface area (Å²) in [6.45, 7) is 3.57. The topological polar surface area (TPSA) is 69.3 Å². The van der Waals surface area contributed by atoms with E-state index in [1.54, 1.807) is 0 Å². The number of carbonyl (C=O) groups is 1. The standard InChI is InChI=1S/C33H36Cl2N2O5/c1-37-18-25-13-23-15-29(33(38)39-2)36-17-24(23)16-30(25)42-31(19-37)20-3-6-26(7-4-20)41-32(21-9-11-40-12-10-21)22-5-8-27(34)28(35)14-22/h3-8,13-14,16,21,29,31-32,36H,9-12,15,17-19H2,1-2H3/t29-,31+,32+/m0/s1. The number of benzene rings is 3. The van der Waals surface area contributed by atoms with Crippen molar-refractivity contribution in [1.82, 2.24) is 10.2 Å². The number of esters is 1. The lowest BCUT2D eigenvalue weighted by Crippen LogP contribution is -2.42. The van der Waals surface area contributed by atoms with Gasteiger partial charge in [0.15, 0.2) is 0 Å². The quantitative estimate of drug-likeness (QED) is 0.329. The lowest BCUT2D eigenvalue weighted by atomic mass is 9.89. The van der Waals surface area contributed by atoms with Gasteiger partial charge >= 0.3 is 5.97 Å². The third kappa shape index (κ3) is 6.41. The van der Waals surface area contributed by atoms with Gasteiger partial charge in [-0.1, -0.05) is 47.5 Å². The Morgan fingerprint density at radius 2 is 1.79 bits per heavy atom. The molecule has 1 saturated heterocycles. The number of halogens is 2. The Morgan fingerprint density at radius 3 is 2.52 bits per heavy atom. The van der Waals surface area contributed by atoms with Gasteiger partial charge in [-0.25, -0.2) is 0 Å². The number of fused-ring (bicyclic) bond motifs is 2. The molecule has 222 valence electrons. The van der Waals surface area contributed by atoms with Crippen molar-refractivity contribution >= 4 is 29.2 Å². The molecule has 0 radical (unpaired) electrons. The minimum Gasteiger partial charge on any atom is -0.485 e. The van der Waals surface area contributed by atoms with Crippen LogP contribution in [0, 0.1) is 5.92 Å². The lowest BCUT2D eigenvalue weighted by molar-refractivity contribution is -0.143. The average molecular weight is 612 g/mol. The number of likely N-dealkylation sites (N-methyl/N-ethyl adjacent to an activating group) is 1. The fraction of sp³-hybridized carbons (Fsp3) is 0.424. The van der Waals surface area contributed by atoms with E-state index < -0.39 is 0 Å². The van der Waals surface area contributed by atoms with Gasteiger partial charge in [0.05, 0.1) is 17.2 Å². The summed E-state index contributed by atoms with van der Waals surface area (Å²) < 4.78 is 23.8. The van der Waals surface area contributed by atoms with Crippen LogP contribution in [-0.2, 0) is 33.8 Å². The Bertz CT molecular complexity index is 1430. The van der Waals surface area contributed by atoms with Gasteiger partial charge in [-0.3, -0.25) is 9.69 Å². The minimum atomic E-state index is -0.318. The van der Waals surface area contributed by atoms with Crippen molar-refractivity contribution in [2.24, 2.45) is 5.92 Å². The summed E-state index contributed by atoms with van der Waals surface area (Å²) in [6, 6.07) is 18.0. The fourth-order valence-electron chi connectivity index (χ4n) is 6.19. The van der Waals surface area contributed by atoms with Crippen LogP contribution in [0.2, 0.25) is 10.0 Å². The van der Waals surface area contributed by atoms with Crippen LogP contribution in [0.3, 0.4) is 0 Å². The van der Waals surface area contributed by atoms with Gasteiger partial charge in [-0.2, -0.15) is 0 Å². The Labute approximate surface area is 257 Å². The Kier molecular flexibility index (Phi) is 8.93. The molecule has 3 heterocycles. The van der Waals surface area contributed by atoms with Crippen LogP contribution >= 0.6 is 23.2 Å². The molecule has 0 unspecified atom stereocenters. The van der Waals surface area contributed by atoms with E-state index in [1.807, 2.05) is 30.3 Å². The summed E-state index contributed by atoms with van der Waals surface area (Å²) in [7, 11) is 3.54. The second kappa shape index (κ2) is 12.8. The number of methoxy groups -OCH3 is 1. The molecule has 3 atom stereocenters. The fourth-order valence-corrected chi connectivity index (χ4v) is 6.50. The van der Waals surface area contributed by atoms with E-state index in [4.69, 9.17) is 42.1 Å². The second-order valence-electron chi connectivity index (χ2n) is 11.4. The number of ether oxygens (including phenoxy) is 4. The first kappa shape index (κ1) is 29.3. The number of nitrogens with one attached hydrogen (secondary N) is 1. The Balaban J connectivity index is 1.20. The maximum absolute atomic E-state index is 12.1. The molecule has 0 aromatic heterocycles. The highest BCUT2D eigenvalue weighted by atomic mass is 35.5. The zero-order valence-electron chi connectivity index (χ0n) is 23.9. The molecule has 3 aromatic rings. The highest BCUT2D eigenvalue weighted by molar-refractivity contribution is 6.42. The van der Waals surface area contributed by atoms with Crippen molar-refractivity contribution in [3.05, 3.63) is 92.5 Å². The van der Waals surface area contributed by atoms with E-state index >= 15 is 0 Å². The first-order valence-corrected chi connectivity index (χ1v) is 15.2. The molecule has 3 aliphatic rings. The second-order valence-corrected chi connectivity index (χ2v) is 12.2. The molecular formula is C33H36Cl2N2O5. The van der Waals surface area contributed by atoms with Crippen molar-refractivity contribution in [2.45, 2.75) is 50.6 Å². The van der Waals surface area contributed by atoms with Crippen molar-refractivity contribution in [1.29, 1.82) is 0 Å². The van der Waals surface area contributed by atoms with Gasteiger partial charge in [0, 0.05) is 44.3 Å². The van der Waals surface area contributed by atoms with Crippen LogP contribution in [0.4, 0.5) is 0 Å². The summed E-state index contributed by atoms with van der Waals surface area (Å²) in [5.74, 6) is 1.77. The van der Waals surface area contributed by atoms with Gasteiger partial charge < -0.3 is 24.3 Å². The molecule has 9 heteroatoms. The van der Waals surface area contributed by atoms with Crippen molar-refractivity contribution in [3.63, 3.8) is 0 Å². The minimum absolute atomic E-state index is 0.135. The molecule has 6 rings (SSSR count). The van der Waals surface area contributed by atoms with E-state index in [9.17, 15) is 4.79 Å². The summed E-state index contributed by atoms with van der Waals surface area (Å²) in [5, 5.41) is 4.35. The molecule has 3 aliphatic heterocycles. The van der Waals surface area contributed by atoms with Crippen LogP contribution in [0.25, 0.3) is 0 Å². The van der Waals surface area contributed by atoms with Gasteiger partial charge in [-0.05, 0) is 78.9 Å². The number of hydrogen-bond acceptors (Lipinski definition) is 7. The van der Waals surface area contributed by atoms with Crippen LogP contribution in [-0.4, -0.2) is 50.8 Å². The lowest BCUT2D eigenvalue weighted by Gasteiger charge is -2.31. The predicted octanol–water partition coefficient (Wildman–Crippen LogP) is 6.29.